The van der Waals surface area contributed by atoms with E-state index in [1.807, 2.05) is 0 Å². The first kappa shape index (κ1) is 17.0. The van der Waals surface area contributed by atoms with Gasteiger partial charge in [0, 0.05) is 23.6 Å². The molecule has 0 spiro atoms. The first-order chi connectivity index (χ1) is 12.0. The summed E-state index contributed by atoms with van der Waals surface area (Å²) in [6, 6.07) is 10.4. The zero-order valence-corrected chi connectivity index (χ0v) is 13.6. The van der Waals surface area contributed by atoms with E-state index in [2.05, 4.69) is 15.5 Å². The predicted octanol–water partition coefficient (Wildman–Crippen LogP) is 3.64. The fourth-order valence-electron chi connectivity index (χ4n) is 2.13. The van der Waals surface area contributed by atoms with Gasteiger partial charge in [0.15, 0.2) is 11.6 Å². The molecule has 0 aliphatic heterocycles. The van der Waals surface area contributed by atoms with Crippen molar-refractivity contribution in [2.75, 3.05) is 6.54 Å². The average Bonchev–Trinajstić information content (AvgIpc) is 3.07. The zero-order chi connectivity index (χ0) is 17.8. The van der Waals surface area contributed by atoms with Gasteiger partial charge < -0.3 is 9.84 Å². The van der Waals surface area contributed by atoms with Crippen LogP contribution in [-0.2, 0) is 6.42 Å². The largest absolute Gasteiger partial charge is 0.351 e. The van der Waals surface area contributed by atoms with Gasteiger partial charge in [0.2, 0.25) is 11.7 Å². The van der Waals surface area contributed by atoms with Crippen molar-refractivity contribution in [3.05, 3.63) is 70.6 Å². The molecule has 0 fully saturated rings. The topological polar surface area (TPSA) is 68.0 Å². The first-order valence-electron chi connectivity index (χ1n) is 7.35. The molecule has 1 amide bonds. The van der Waals surface area contributed by atoms with Crippen LogP contribution in [0, 0.1) is 11.6 Å². The predicted molar refractivity (Wildman–Crippen MR) is 87.1 cm³/mol. The summed E-state index contributed by atoms with van der Waals surface area (Å²) < 4.78 is 31.8. The second-order valence-corrected chi connectivity index (χ2v) is 5.56. The molecule has 8 heteroatoms. The van der Waals surface area contributed by atoms with Crippen LogP contribution < -0.4 is 5.32 Å². The van der Waals surface area contributed by atoms with Crippen LogP contribution in [0.3, 0.4) is 0 Å². The molecule has 0 bridgehead atoms. The van der Waals surface area contributed by atoms with E-state index in [0.29, 0.717) is 16.7 Å². The Hall–Kier alpha value is -2.80. The van der Waals surface area contributed by atoms with Gasteiger partial charge in [0.1, 0.15) is 0 Å². The quantitative estimate of drug-likeness (QED) is 0.751. The van der Waals surface area contributed by atoms with Crippen molar-refractivity contribution in [2.24, 2.45) is 0 Å². The van der Waals surface area contributed by atoms with Crippen LogP contribution in [0.1, 0.15) is 16.2 Å². The maximum atomic E-state index is 13.5. The minimum absolute atomic E-state index is 0.136. The van der Waals surface area contributed by atoms with Gasteiger partial charge in [-0.15, -0.1) is 0 Å². The third-order valence-corrected chi connectivity index (χ3v) is 3.64. The summed E-state index contributed by atoms with van der Waals surface area (Å²) in [5.74, 6) is -2.26. The van der Waals surface area contributed by atoms with Crippen LogP contribution in [0.4, 0.5) is 8.78 Å². The van der Waals surface area contributed by atoms with Crippen molar-refractivity contribution in [3.63, 3.8) is 0 Å². The highest BCUT2D eigenvalue weighted by atomic mass is 35.5. The SMILES string of the molecule is O=C(NCCc1nc(-c2ccc(Cl)cc2)no1)c1cccc(F)c1F. The van der Waals surface area contributed by atoms with Gasteiger partial charge in [0.05, 0.1) is 5.56 Å². The molecule has 0 aliphatic rings. The van der Waals surface area contributed by atoms with Crippen LogP contribution >= 0.6 is 11.6 Å². The smallest absolute Gasteiger partial charge is 0.254 e. The lowest BCUT2D eigenvalue weighted by molar-refractivity contribution is 0.0948. The van der Waals surface area contributed by atoms with E-state index in [1.54, 1.807) is 24.3 Å². The molecule has 128 valence electrons. The van der Waals surface area contributed by atoms with Gasteiger partial charge in [-0.1, -0.05) is 22.8 Å². The maximum absolute atomic E-state index is 13.5. The number of nitrogens with one attached hydrogen (secondary N) is 1. The van der Waals surface area contributed by atoms with Crippen LogP contribution in [-0.4, -0.2) is 22.6 Å². The number of nitrogens with zero attached hydrogens (tertiary/aromatic N) is 2. The number of carbonyl (C=O) groups excluding carboxylic acids is 1. The Kier molecular flexibility index (Phi) is 5.04. The van der Waals surface area contributed by atoms with Gasteiger partial charge >= 0.3 is 0 Å². The molecule has 0 radical (unpaired) electrons. The maximum Gasteiger partial charge on any atom is 0.254 e. The molecule has 2 aromatic carbocycles. The Bertz CT molecular complexity index is 897. The van der Waals surface area contributed by atoms with Crippen molar-refractivity contribution < 1.29 is 18.1 Å². The summed E-state index contributed by atoms with van der Waals surface area (Å²) >= 11 is 5.82. The zero-order valence-electron chi connectivity index (χ0n) is 12.8. The molecule has 0 unspecified atom stereocenters. The fraction of sp³-hybridized carbons (Fsp3) is 0.118. The number of aromatic nitrogens is 2. The minimum atomic E-state index is -1.18. The van der Waals surface area contributed by atoms with Crippen molar-refractivity contribution in [3.8, 4) is 11.4 Å². The average molecular weight is 364 g/mol. The van der Waals surface area contributed by atoms with E-state index < -0.39 is 17.5 Å². The van der Waals surface area contributed by atoms with E-state index in [0.717, 1.165) is 11.6 Å². The molecule has 5 nitrogen and oxygen atoms in total. The highest BCUT2D eigenvalue weighted by Crippen LogP contribution is 2.18. The number of rotatable bonds is 5. The Morgan fingerprint density at radius 3 is 2.68 bits per heavy atom. The lowest BCUT2D eigenvalue weighted by atomic mass is 10.2. The number of hydrogen-bond donors (Lipinski definition) is 1. The first-order valence-corrected chi connectivity index (χ1v) is 7.73. The molecule has 0 aliphatic carbocycles. The molecule has 3 rings (SSSR count). The summed E-state index contributed by atoms with van der Waals surface area (Å²) in [5, 5.41) is 6.92. The number of carbonyl (C=O) groups is 1. The van der Waals surface area contributed by atoms with E-state index in [1.165, 1.54) is 12.1 Å². The van der Waals surface area contributed by atoms with Gasteiger partial charge in [-0.25, -0.2) is 8.78 Å². The molecular formula is C17H12ClF2N3O2. The lowest BCUT2D eigenvalue weighted by Crippen LogP contribution is -2.26. The fourth-order valence-corrected chi connectivity index (χ4v) is 2.26. The number of benzene rings is 2. The molecule has 3 aromatic rings. The Labute approximate surface area is 146 Å². The lowest BCUT2D eigenvalue weighted by Gasteiger charge is -2.04. The number of hydrogen-bond acceptors (Lipinski definition) is 4. The van der Waals surface area contributed by atoms with Crippen molar-refractivity contribution in [1.29, 1.82) is 0 Å². The van der Waals surface area contributed by atoms with E-state index in [-0.39, 0.29) is 18.5 Å². The normalized spacial score (nSPS) is 10.7. The van der Waals surface area contributed by atoms with Crippen molar-refractivity contribution >= 4 is 17.5 Å². The Morgan fingerprint density at radius 1 is 1.16 bits per heavy atom. The molecular weight excluding hydrogens is 352 g/mol. The molecule has 1 heterocycles. The molecule has 1 aromatic heterocycles. The summed E-state index contributed by atoms with van der Waals surface area (Å²) in [6.45, 7) is 0.136. The minimum Gasteiger partial charge on any atom is -0.351 e. The monoisotopic (exact) mass is 363 g/mol. The Morgan fingerprint density at radius 2 is 1.92 bits per heavy atom. The van der Waals surface area contributed by atoms with Crippen LogP contribution in [0.5, 0.6) is 0 Å². The highest BCUT2D eigenvalue weighted by molar-refractivity contribution is 6.30. The molecule has 1 N–H and O–H groups in total. The second kappa shape index (κ2) is 7.40. The van der Waals surface area contributed by atoms with Gasteiger partial charge in [-0.2, -0.15) is 4.98 Å². The van der Waals surface area contributed by atoms with Crippen LogP contribution in [0.15, 0.2) is 47.0 Å². The van der Waals surface area contributed by atoms with Gasteiger partial charge in [-0.05, 0) is 36.4 Å². The number of halogens is 3. The second-order valence-electron chi connectivity index (χ2n) is 5.13. The standard InChI is InChI=1S/C17H12ClF2N3O2/c18-11-6-4-10(5-7-11)16-22-14(25-23-16)8-9-21-17(24)12-2-1-3-13(19)15(12)20/h1-7H,8-9H2,(H,21,24). The molecule has 0 atom stereocenters. The molecule has 0 saturated carbocycles. The molecule has 25 heavy (non-hydrogen) atoms. The summed E-state index contributed by atoms with van der Waals surface area (Å²) in [6.07, 6.45) is 0.253. The third-order valence-electron chi connectivity index (χ3n) is 3.39. The van der Waals surface area contributed by atoms with E-state index >= 15 is 0 Å². The summed E-state index contributed by atoms with van der Waals surface area (Å²) in [5.41, 5.74) is 0.387. The van der Waals surface area contributed by atoms with Crippen LogP contribution in [0.25, 0.3) is 11.4 Å². The third kappa shape index (κ3) is 4.00. The van der Waals surface area contributed by atoms with E-state index in [4.69, 9.17) is 16.1 Å². The summed E-state index contributed by atoms with van der Waals surface area (Å²) in [4.78, 5) is 16.1. The van der Waals surface area contributed by atoms with Crippen molar-refractivity contribution in [1.82, 2.24) is 15.5 Å². The van der Waals surface area contributed by atoms with Crippen LogP contribution in [0.2, 0.25) is 5.02 Å². The Balaban J connectivity index is 1.58. The number of amides is 1. The van der Waals surface area contributed by atoms with Crippen molar-refractivity contribution in [2.45, 2.75) is 6.42 Å². The summed E-state index contributed by atoms with van der Waals surface area (Å²) in [7, 11) is 0. The molecule has 0 saturated heterocycles. The van der Waals surface area contributed by atoms with E-state index in [9.17, 15) is 13.6 Å². The van der Waals surface area contributed by atoms with Gasteiger partial charge in [0.25, 0.3) is 5.91 Å². The van der Waals surface area contributed by atoms with Gasteiger partial charge in [-0.3, -0.25) is 4.79 Å². The highest BCUT2D eigenvalue weighted by Gasteiger charge is 2.15.